The number of aliphatic hydroxyl groups excluding tert-OH is 4. The lowest BCUT2D eigenvalue weighted by Crippen LogP contribution is -2.30. The van der Waals surface area contributed by atoms with Crippen LogP contribution in [0.1, 0.15) is 142 Å². The Balaban J connectivity index is 4.61. The van der Waals surface area contributed by atoms with Gasteiger partial charge in [0.2, 0.25) is 0 Å². The molecule has 5 N–H and O–H groups in total. The number of hydrogen-bond donors (Lipinski definition) is 5. The number of esters is 2. The second-order valence-electron chi connectivity index (χ2n) is 14.1. The Kier molecular flexibility index (Phi) is 37.0. The van der Waals surface area contributed by atoms with E-state index in [0.717, 1.165) is 70.6 Å². The summed E-state index contributed by atoms with van der Waals surface area (Å²) in [6, 6.07) is 0. The summed E-state index contributed by atoms with van der Waals surface area (Å²) < 4.78 is 32.5. The fourth-order valence-corrected chi connectivity index (χ4v) is 5.97. The highest BCUT2D eigenvalue weighted by Crippen LogP contribution is 2.43. The maximum absolute atomic E-state index is 12.6. The Morgan fingerprint density at radius 3 is 1.75 bits per heavy atom. The molecule has 328 valence electrons. The molecule has 0 saturated carbocycles. The van der Waals surface area contributed by atoms with Gasteiger partial charge in [-0.1, -0.05) is 138 Å². The first-order valence-electron chi connectivity index (χ1n) is 21.1. The first-order valence-corrected chi connectivity index (χ1v) is 22.6. The Morgan fingerprint density at radius 1 is 0.596 bits per heavy atom. The predicted molar refractivity (Wildman–Crippen MR) is 226 cm³/mol. The number of aliphatic hydroxyl groups is 4. The number of rotatable bonds is 38. The first-order chi connectivity index (χ1) is 27.5. The van der Waals surface area contributed by atoms with Crippen molar-refractivity contribution in [2.75, 3.05) is 26.4 Å². The van der Waals surface area contributed by atoms with Crippen molar-refractivity contribution in [1.82, 2.24) is 0 Å². The van der Waals surface area contributed by atoms with Crippen molar-refractivity contribution in [2.45, 2.75) is 167 Å². The van der Waals surface area contributed by atoms with Gasteiger partial charge in [0.15, 0.2) is 6.10 Å². The summed E-state index contributed by atoms with van der Waals surface area (Å²) in [6.07, 6.45) is 36.5. The molecule has 0 spiro atoms. The topological polar surface area (TPSA) is 189 Å². The number of hydrogen-bond acceptors (Lipinski definition) is 11. The molecule has 0 radical (unpaired) electrons. The van der Waals surface area contributed by atoms with Crippen molar-refractivity contribution >= 4 is 19.8 Å². The maximum Gasteiger partial charge on any atom is 0.472 e. The minimum Gasteiger partial charge on any atom is -0.462 e. The number of allylic oxidation sites excluding steroid dienone is 10. The maximum atomic E-state index is 12.6. The molecule has 0 aromatic rings. The van der Waals surface area contributed by atoms with Gasteiger partial charge in [0.1, 0.15) is 12.7 Å². The van der Waals surface area contributed by atoms with Crippen LogP contribution in [0.2, 0.25) is 0 Å². The summed E-state index contributed by atoms with van der Waals surface area (Å²) in [5.74, 6) is -1.18. The highest BCUT2D eigenvalue weighted by molar-refractivity contribution is 7.47. The largest absolute Gasteiger partial charge is 0.472 e. The molecule has 0 aliphatic carbocycles. The van der Waals surface area contributed by atoms with Crippen LogP contribution in [0.4, 0.5) is 0 Å². The molecule has 57 heavy (non-hydrogen) atoms. The molecular formula is C44H75O12P. The molecule has 0 rings (SSSR count). The van der Waals surface area contributed by atoms with Crippen LogP contribution in [-0.2, 0) is 32.7 Å². The zero-order valence-corrected chi connectivity index (χ0v) is 35.6. The minimum atomic E-state index is -4.69. The van der Waals surface area contributed by atoms with Crippen LogP contribution in [-0.4, -0.2) is 88.1 Å². The summed E-state index contributed by atoms with van der Waals surface area (Å²) in [6.45, 7) is 1.95. The normalized spacial score (nSPS) is 15.7. The molecule has 0 bridgehead atoms. The van der Waals surface area contributed by atoms with E-state index >= 15 is 0 Å². The van der Waals surface area contributed by atoms with Crippen LogP contribution in [0, 0.1) is 0 Å². The molecule has 0 aliphatic heterocycles. The number of ether oxygens (including phenoxy) is 2. The second kappa shape index (κ2) is 38.8. The Morgan fingerprint density at radius 2 is 1.12 bits per heavy atom. The lowest BCUT2D eigenvalue weighted by molar-refractivity contribution is -0.161. The van der Waals surface area contributed by atoms with Gasteiger partial charge < -0.3 is 34.8 Å². The molecule has 0 amide bonds. The quantitative estimate of drug-likeness (QED) is 0.0131. The fourth-order valence-electron chi connectivity index (χ4n) is 5.18. The SMILES string of the molecule is CCCCC/C=C\C/C=C\CCCCCCCC(=O)OC[C@H](COP(=O)(O)OC[C@@H](O)CO)OC(=O)CCC[C@H](O)/C=C/C=C\C/C=C\C=C\[C@H](O)CCCCC. The number of carbonyl (C=O) groups excluding carboxylic acids is 2. The molecular weight excluding hydrogens is 751 g/mol. The molecule has 0 fully saturated rings. The summed E-state index contributed by atoms with van der Waals surface area (Å²) >= 11 is 0. The van der Waals surface area contributed by atoms with E-state index in [0.29, 0.717) is 12.8 Å². The van der Waals surface area contributed by atoms with Gasteiger partial charge in [-0.15, -0.1) is 0 Å². The second-order valence-corrected chi connectivity index (χ2v) is 15.5. The Labute approximate surface area is 343 Å². The van der Waals surface area contributed by atoms with E-state index in [-0.39, 0.29) is 25.7 Å². The van der Waals surface area contributed by atoms with Gasteiger partial charge in [-0.25, -0.2) is 4.57 Å². The third-order valence-electron chi connectivity index (χ3n) is 8.54. The smallest absolute Gasteiger partial charge is 0.462 e. The predicted octanol–water partition coefficient (Wildman–Crippen LogP) is 8.83. The number of unbranched alkanes of at least 4 members (excludes halogenated alkanes) is 10. The third-order valence-corrected chi connectivity index (χ3v) is 9.49. The van der Waals surface area contributed by atoms with E-state index in [1.807, 2.05) is 24.3 Å². The Hall–Kier alpha value is -2.67. The van der Waals surface area contributed by atoms with Gasteiger partial charge in [-0.2, -0.15) is 0 Å². The lowest BCUT2D eigenvalue weighted by atomic mass is 10.1. The van der Waals surface area contributed by atoms with E-state index in [4.69, 9.17) is 19.1 Å². The molecule has 0 aromatic heterocycles. The molecule has 1 unspecified atom stereocenters. The monoisotopic (exact) mass is 826 g/mol. The van der Waals surface area contributed by atoms with E-state index in [9.17, 15) is 34.4 Å². The third kappa shape index (κ3) is 38.6. The molecule has 0 aromatic carbocycles. The van der Waals surface area contributed by atoms with Gasteiger partial charge >= 0.3 is 19.8 Å². The summed E-state index contributed by atoms with van der Waals surface area (Å²) in [7, 11) is -4.69. The number of phosphoric acid groups is 1. The number of phosphoric ester groups is 1. The van der Waals surface area contributed by atoms with Crippen molar-refractivity contribution in [3.05, 3.63) is 72.9 Å². The first kappa shape index (κ1) is 54.3. The molecule has 0 heterocycles. The van der Waals surface area contributed by atoms with E-state index in [1.165, 1.54) is 19.3 Å². The van der Waals surface area contributed by atoms with Gasteiger partial charge in [0.25, 0.3) is 0 Å². The molecule has 12 nitrogen and oxygen atoms in total. The average molecular weight is 827 g/mol. The van der Waals surface area contributed by atoms with Crippen molar-refractivity contribution < 1.29 is 58.0 Å². The summed E-state index contributed by atoms with van der Waals surface area (Å²) in [4.78, 5) is 35.0. The zero-order valence-electron chi connectivity index (χ0n) is 34.7. The van der Waals surface area contributed by atoms with Crippen LogP contribution in [0.25, 0.3) is 0 Å². The van der Waals surface area contributed by atoms with Crippen LogP contribution in [0.5, 0.6) is 0 Å². The number of carbonyl (C=O) groups is 2. The van der Waals surface area contributed by atoms with Crippen LogP contribution in [0.15, 0.2) is 72.9 Å². The Bertz CT molecular complexity index is 1210. The minimum absolute atomic E-state index is 0.0707. The van der Waals surface area contributed by atoms with Gasteiger partial charge in [0.05, 0.1) is 32.0 Å². The fraction of sp³-hybridized carbons (Fsp3) is 0.682. The van der Waals surface area contributed by atoms with Crippen LogP contribution < -0.4 is 0 Å². The van der Waals surface area contributed by atoms with E-state index in [1.54, 1.807) is 24.3 Å². The highest BCUT2D eigenvalue weighted by Gasteiger charge is 2.27. The lowest BCUT2D eigenvalue weighted by Gasteiger charge is -2.20. The van der Waals surface area contributed by atoms with Crippen molar-refractivity contribution in [1.29, 1.82) is 0 Å². The van der Waals surface area contributed by atoms with Gasteiger partial charge in [-0.3, -0.25) is 18.6 Å². The zero-order chi connectivity index (χ0) is 42.2. The molecule has 0 saturated heterocycles. The molecule has 0 aliphatic rings. The average Bonchev–Trinajstić information content (AvgIpc) is 3.18. The van der Waals surface area contributed by atoms with Gasteiger partial charge in [-0.05, 0) is 64.2 Å². The molecule has 5 atom stereocenters. The van der Waals surface area contributed by atoms with Crippen LogP contribution in [0.3, 0.4) is 0 Å². The van der Waals surface area contributed by atoms with Crippen molar-refractivity contribution in [2.24, 2.45) is 0 Å². The van der Waals surface area contributed by atoms with Gasteiger partial charge in [0, 0.05) is 12.8 Å². The summed E-state index contributed by atoms with van der Waals surface area (Å²) in [5, 5.41) is 38.5. The standard InChI is InChI=1S/C44H75O12P/c1-3-5-7-8-9-10-11-12-13-14-15-16-20-23-27-33-43(49)53-37-42(38-55-57(51,52)54-36-41(48)35-45)56-44(50)34-28-32-40(47)31-26-22-19-17-18-21-25-30-39(46)29-24-6-4-2/h9-10,12-13,18-19,21-22,25-26,30-31,39-42,45-48H,3-8,11,14-17,20,23-24,27-29,32-38H2,1-2H3,(H,51,52)/b10-9-,13-12-,21-18-,22-19-,30-25+,31-26+/t39-,40-,41+,42-/m1/s1. The summed E-state index contributed by atoms with van der Waals surface area (Å²) in [5.41, 5.74) is 0. The van der Waals surface area contributed by atoms with Crippen LogP contribution >= 0.6 is 7.82 Å². The van der Waals surface area contributed by atoms with E-state index < -0.39 is 70.6 Å². The van der Waals surface area contributed by atoms with Crippen molar-refractivity contribution in [3.8, 4) is 0 Å². The molecule has 13 heteroatoms. The highest BCUT2D eigenvalue weighted by atomic mass is 31.2. The van der Waals surface area contributed by atoms with E-state index in [2.05, 4.69) is 42.7 Å². The van der Waals surface area contributed by atoms with Crippen molar-refractivity contribution in [3.63, 3.8) is 0 Å².